The molecule has 1 heterocycles. The Kier molecular flexibility index (Phi) is 8.96. The van der Waals surface area contributed by atoms with Crippen LogP contribution in [0, 0.1) is 6.92 Å². The summed E-state index contributed by atoms with van der Waals surface area (Å²) in [6, 6.07) is 6.27. The number of hydrogen-bond acceptors (Lipinski definition) is 5. The van der Waals surface area contributed by atoms with E-state index in [0.717, 1.165) is 36.1 Å². The fourth-order valence-corrected chi connectivity index (χ4v) is 2.60. The number of aryl methyl sites for hydroxylation is 1. The van der Waals surface area contributed by atoms with Gasteiger partial charge in [0.2, 0.25) is 5.89 Å². The number of benzene rings is 1. The van der Waals surface area contributed by atoms with Crippen molar-refractivity contribution in [2.75, 3.05) is 13.1 Å². The van der Waals surface area contributed by atoms with E-state index in [1.807, 2.05) is 20.8 Å². The lowest BCUT2D eigenvalue weighted by Gasteiger charge is -2.17. The molecule has 0 amide bonds. The normalized spacial score (nSPS) is 12.9. The molecule has 1 aromatic heterocycles. The summed E-state index contributed by atoms with van der Waals surface area (Å²) in [6.07, 6.45) is 1.79. The van der Waals surface area contributed by atoms with Gasteiger partial charge in [-0.3, -0.25) is 0 Å². The van der Waals surface area contributed by atoms with Gasteiger partial charge >= 0.3 is 0 Å². The van der Waals surface area contributed by atoms with Crippen LogP contribution in [0.5, 0.6) is 5.75 Å². The summed E-state index contributed by atoms with van der Waals surface area (Å²) in [5.41, 5.74) is 2.26. The first-order valence-electron chi connectivity index (χ1n) is 10.5. The second-order valence-corrected chi connectivity index (χ2v) is 7.52. The molecule has 1 aromatic carbocycles. The minimum Gasteiger partial charge on any atom is -0.490 e. The van der Waals surface area contributed by atoms with Gasteiger partial charge in [-0.25, -0.2) is 4.99 Å². The van der Waals surface area contributed by atoms with Crippen LogP contribution < -0.4 is 15.4 Å². The summed E-state index contributed by atoms with van der Waals surface area (Å²) in [5, 5.41) is 10.6. The molecule has 2 aromatic rings. The maximum atomic E-state index is 6.09. The van der Waals surface area contributed by atoms with E-state index in [0.29, 0.717) is 25.4 Å². The molecule has 0 aliphatic carbocycles. The van der Waals surface area contributed by atoms with Gasteiger partial charge in [0.1, 0.15) is 5.75 Å². The van der Waals surface area contributed by atoms with Crippen molar-refractivity contribution in [3.63, 3.8) is 0 Å². The number of rotatable bonds is 10. The maximum Gasteiger partial charge on any atom is 0.228 e. The molecule has 0 aliphatic heterocycles. The highest BCUT2D eigenvalue weighted by Crippen LogP contribution is 2.23. The fourth-order valence-electron chi connectivity index (χ4n) is 2.60. The highest BCUT2D eigenvalue weighted by atomic mass is 16.5. The smallest absolute Gasteiger partial charge is 0.228 e. The number of aromatic nitrogens is 2. The number of nitrogens with one attached hydrogen (secondary N) is 2. The van der Waals surface area contributed by atoms with Crippen molar-refractivity contribution in [2.45, 2.75) is 73.0 Å². The second kappa shape index (κ2) is 11.4. The second-order valence-electron chi connectivity index (χ2n) is 7.52. The van der Waals surface area contributed by atoms with Crippen molar-refractivity contribution in [1.82, 2.24) is 20.8 Å². The SMILES string of the molecule is CCNC(=NCc1ccc(C)cc1OC(C)CC)NCCc1nc(C(C)C)no1. The predicted octanol–water partition coefficient (Wildman–Crippen LogP) is 3.98. The summed E-state index contributed by atoms with van der Waals surface area (Å²) in [6.45, 7) is 14.4. The van der Waals surface area contributed by atoms with E-state index in [1.165, 1.54) is 5.56 Å². The Bertz CT molecular complexity index is 785. The van der Waals surface area contributed by atoms with Crippen LogP contribution in [-0.2, 0) is 13.0 Å². The molecule has 1 unspecified atom stereocenters. The van der Waals surface area contributed by atoms with Crippen molar-refractivity contribution in [1.29, 1.82) is 0 Å². The average molecular weight is 402 g/mol. The van der Waals surface area contributed by atoms with Crippen LogP contribution in [0.1, 0.15) is 69.8 Å². The largest absolute Gasteiger partial charge is 0.490 e. The zero-order valence-electron chi connectivity index (χ0n) is 18.6. The van der Waals surface area contributed by atoms with Crippen LogP contribution in [0.3, 0.4) is 0 Å². The van der Waals surface area contributed by atoms with Crippen molar-refractivity contribution in [3.05, 3.63) is 41.0 Å². The van der Waals surface area contributed by atoms with Crippen LogP contribution in [0.2, 0.25) is 0 Å². The van der Waals surface area contributed by atoms with Crippen LogP contribution in [0.25, 0.3) is 0 Å². The fraction of sp³-hybridized carbons (Fsp3) is 0.591. The molecule has 0 aliphatic rings. The van der Waals surface area contributed by atoms with Crippen LogP contribution in [0.4, 0.5) is 0 Å². The van der Waals surface area contributed by atoms with E-state index in [1.54, 1.807) is 0 Å². The summed E-state index contributed by atoms with van der Waals surface area (Å²) < 4.78 is 11.4. The molecule has 29 heavy (non-hydrogen) atoms. The number of nitrogens with zero attached hydrogens (tertiary/aromatic N) is 3. The van der Waals surface area contributed by atoms with Gasteiger partial charge in [0.25, 0.3) is 0 Å². The minimum atomic E-state index is 0.177. The molecule has 0 spiro atoms. The van der Waals surface area contributed by atoms with Gasteiger partial charge in [0.05, 0.1) is 12.6 Å². The highest BCUT2D eigenvalue weighted by Gasteiger charge is 2.10. The maximum absolute atomic E-state index is 6.09. The summed E-state index contributed by atoms with van der Waals surface area (Å²) >= 11 is 0. The highest BCUT2D eigenvalue weighted by molar-refractivity contribution is 5.79. The number of aliphatic imine (C=N–C) groups is 1. The Hall–Kier alpha value is -2.57. The molecular formula is C22H35N5O2. The first-order valence-corrected chi connectivity index (χ1v) is 10.5. The van der Waals surface area contributed by atoms with Crippen molar-refractivity contribution >= 4 is 5.96 Å². The summed E-state index contributed by atoms with van der Waals surface area (Å²) in [4.78, 5) is 9.13. The molecule has 2 N–H and O–H groups in total. The zero-order chi connectivity index (χ0) is 21.2. The molecule has 0 bridgehead atoms. The van der Waals surface area contributed by atoms with Gasteiger partial charge in [-0.1, -0.05) is 38.1 Å². The van der Waals surface area contributed by atoms with Gasteiger partial charge < -0.3 is 19.9 Å². The molecule has 0 saturated heterocycles. The van der Waals surface area contributed by atoms with Gasteiger partial charge in [-0.05, 0) is 38.8 Å². The first kappa shape index (κ1) is 22.7. The number of guanidine groups is 1. The number of hydrogen-bond donors (Lipinski definition) is 2. The summed E-state index contributed by atoms with van der Waals surface area (Å²) in [7, 11) is 0. The lowest BCUT2D eigenvalue weighted by molar-refractivity contribution is 0.215. The van der Waals surface area contributed by atoms with Crippen LogP contribution >= 0.6 is 0 Å². The third kappa shape index (κ3) is 7.40. The zero-order valence-corrected chi connectivity index (χ0v) is 18.6. The molecule has 0 saturated carbocycles. The number of ether oxygens (including phenoxy) is 1. The molecule has 1 atom stereocenters. The van der Waals surface area contributed by atoms with E-state index in [9.17, 15) is 0 Å². The van der Waals surface area contributed by atoms with Gasteiger partial charge in [-0.2, -0.15) is 4.98 Å². The Morgan fingerprint density at radius 2 is 2.00 bits per heavy atom. The van der Waals surface area contributed by atoms with Gasteiger partial charge in [0, 0.05) is 31.0 Å². The van der Waals surface area contributed by atoms with Crippen molar-refractivity contribution < 1.29 is 9.26 Å². The van der Waals surface area contributed by atoms with E-state index < -0.39 is 0 Å². The average Bonchev–Trinajstić information content (AvgIpc) is 3.16. The first-order chi connectivity index (χ1) is 13.9. The van der Waals surface area contributed by atoms with E-state index in [-0.39, 0.29) is 12.0 Å². The quantitative estimate of drug-likeness (QED) is 0.463. The Morgan fingerprint density at radius 3 is 2.66 bits per heavy atom. The van der Waals surface area contributed by atoms with Crippen LogP contribution in [0.15, 0.2) is 27.7 Å². The molecular weight excluding hydrogens is 366 g/mol. The van der Waals surface area contributed by atoms with E-state index in [2.05, 4.69) is 59.7 Å². The molecule has 7 heteroatoms. The Labute approximate surface area is 174 Å². The molecule has 160 valence electrons. The standard InChI is InChI=1S/C22H35N5O2/c1-7-17(6)28-19-13-16(5)9-10-18(19)14-25-22(23-8-2)24-12-11-20-26-21(15(3)4)27-29-20/h9-10,13,15,17H,7-8,11-12,14H2,1-6H3,(H2,23,24,25). The van der Waals surface area contributed by atoms with Crippen molar-refractivity contribution in [2.24, 2.45) is 4.99 Å². The molecule has 7 nitrogen and oxygen atoms in total. The third-order valence-electron chi connectivity index (χ3n) is 4.51. The Balaban J connectivity index is 1.99. The predicted molar refractivity (Wildman–Crippen MR) is 116 cm³/mol. The monoisotopic (exact) mass is 401 g/mol. The molecule has 0 radical (unpaired) electrons. The minimum absolute atomic E-state index is 0.177. The lowest BCUT2D eigenvalue weighted by atomic mass is 10.1. The molecule has 2 rings (SSSR count). The topological polar surface area (TPSA) is 84.6 Å². The van der Waals surface area contributed by atoms with Gasteiger partial charge in [0.15, 0.2) is 11.8 Å². The lowest BCUT2D eigenvalue weighted by Crippen LogP contribution is -2.38. The van der Waals surface area contributed by atoms with Gasteiger partial charge in [-0.15, -0.1) is 0 Å². The summed E-state index contributed by atoms with van der Waals surface area (Å²) in [5.74, 6) is 3.31. The van der Waals surface area contributed by atoms with Crippen LogP contribution in [-0.4, -0.2) is 35.3 Å². The third-order valence-corrected chi connectivity index (χ3v) is 4.51. The van der Waals surface area contributed by atoms with E-state index >= 15 is 0 Å². The molecule has 0 fully saturated rings. The Morgan fingerprint density at radius 1 is 1.21 bits per heavy atom. The van der Waals surface area contributed by atoms with Crippen molar-refractivity contribution in [3.8, 4) is 5.75 Å². The van der Waals surface area contributed by atoms with E-state index in [4.69, 9.17) is 14.3 Å².